The second-order valence-electron chi connectivity index (χ2n) is 0.796. The van der Waals surface area contributed by atoms with Gasteiger partial charge in [-0.05, 0) is 0 Å². The number of phosphoric acid groups is 1. The Morgan fingerprint density at radius 1 is 1.50 bits per heavy atom. The zero-order valence-electron chi connectivity index (χ0n) is 4.13. The quantitative estimate of drug-likeness (QED) is 0.219. The van der Waals surface area contributed by atoms with Gasteiger partial charge in [0.25, 0.3) is 0 Å². The number of rotatable bonds is 2. The SMILES string of the molecule is N.O=[N+]([O-])OP(=O)(O)O.[KH]. The molecule has 0 aliphatic carbocycles. The fourth-order valence-corrected chi connectivity index (χ4v) is 0.261. The Morgan fingerprint density at radius 3 is 1.80 bits per heavy atom. The Hall–Kier alpha value is 0.946. The van der Waals surface area contributed by atoms with E-state index in [0.29, 0.717) is 0 Å². The summed E-state index contributed by atoms with van der Waals surface area (Å²) in [5.41, 5.74) is 0. The van der Waals surface area contributed by atoms with E-state index < -0.39 is 12.9 Å². The predicted molar refractivity (Wildman–Crippen MR) is 32.3 cm³/mol. The topological polar surface area (TPSA) is 145 Å². The molecule has 0 spiro atoms. The van der Waals surface area contributed by atoms with Crippen molar-refractivity contribution >= 4 is 59.2 Å². The summed E-state index contributed by atoms with van der Waals surface area (Å²) >= 11 is 0. The van der Waals surface area contributed by atoms with Gasteiger partial charge in [0.2, 0.25) is 0 Å². The van der Waals surface area contributed by atoms with Crippen LogP contribution in [0.15, 0.2) is 0 Å². The molecule has 0 aromatic heterocycles. The van der Waals surface area contributed by atoms with Crippen molar-refractivity contribution in [2.75, 3.05) is 0 Å². The van der Waals surface area contributed by atoms with Crippen molar-refractivity contribution in [2.45, 2.75) is 0 Å². The molecule has 0 unspecified atom stereocenters. The Balaban J connectivity index is -0.000000245. The minimum absolute atomic E-state index is 0. The van der Waals surface area contributed by atoms with Gasteiger partial charge in [-0.2, -0.15) is 4.62 Å². The summed E-state index contributed by atoms with van der Waals surface area (Å²) in [6.45, 7) is 0. The van der Waals surface area contributed by atoms with Gasteiger partial charge in [0, 0.05) is 0 Å². The van der Waals surface area contributed by atoms with E-state index in [1.54, 1.807) is 0 Å². The van der Waals surface area contributed by atoms with Crippen LogP contribution in [0.5, 0.6) is 0 Å². The van der Waals surface area contributed by atoms with E-state index in [2.05, 4.69) is 4.62 Å². The van der Waals surface area contributed by atoms with Gasteiger partial charge in [-0.1, -0.05) is 0 Å². The second kappa shape index (κ2) is 6.64. The molecule has 10 heteroatoms. The van der Waals surface area contributed by atoms with E-state index in [1.807, 2.05) is 0 Å². The van der Waals surface area contributed by atoms with Crippen LogP contribution in [0.1, 0.15) is 0 Å². The third-order valence-electron chi connectivity index (χ3n) is 0.173. The first-order chi connectivity index (χ1) is 3.42. The molecule has 10 heavy (non-hydrogen) atoms. The van der Waals surface area contributed by atoms with Crippen molar-refractivity contribution < 1.29 is 24.1 Å². The van der Waals surface area contributed by atoms with Crippen molar-refractivity contribution in [1.29, 1.82) is 0 Å². The summed E-state index contributed by atoms with van der Waals surface area (Å²) in [5.74, 6) is 0. The molecule has 8 nitrogen and oxygen atoms in total. The molecule has 0 aliphatic rings. The third-order valence-corrected chi connectivity index (χ3v) is 0.519. The molecule has 0 saturated heterocycles. The Morgan fingerprint density at radius 2 is 1.80 bits per heavy atom. The van der Waals surface area contributed by atoms with Crippen LogP contribution in [-0.4, -0.2) is 66.3 Å². The van der Waals surface area contributed by atoms with Crippen LogP contribution in [0.25, 0.3) is 0 Å². The van der Waals surface area contributed by atoms with Gasteiger partial charge in [-0.25, -0.2) is 4.57 Å². The Kier molecular flexibility index (Phi) is 11.4. The van der Waals surface area contributed by atoms with Gasteiger partial charge in [0.05, 0.1) is 0 Å². The molecule has 0 aromatic rings. The van der Waals surface area contributed by atoms with Gasteiger partial charge in [-0.15, -0.1) is 10.1 Å². The molecule has 0 saturated carbocycles. The van der Waals surface area contributed by atoms with E-state index >= 15 is 0 Å². The van der Waals surface area contributed by atoms with Crippen LogP contribution in [0.2, 0.25) is 0 Å². The molecule has 0 heterocycles. The summed E-state index contributed by atoms with van der Waals surface area (Å²) in [5, 5.41) is 7.55. The van der Waals surface area contributed by atoms with E-state index in [0.717, 1.165) is 0 Å². The molecule has 0 amide bonds. The fraction of sp³-hybridized carbons (Fsp3) is 0. The van der Waals surface area contributed by atoms with Gasteiger partial charge < -0.3 is 15.9 Å². The van der Waals surface area contributed by atoms with Crippen molar-refractivity contribution in [1.82, 2.24) is 6.15 Å². The van der Waals surface area contributed by atoms with Crippen molar-refractivity contribution in [3.63, 3.8) is 0 Å². The van der Waals surface area contributed by atoms with Crippen LogP contribution in [0.4, 0.5) is 0 Å². The maximum absolute atomic E-state index is 9.47. The fourth-order valence-electron chi connectivity index (χ4n) is 0.0868. The van der Waals surface area contributed by atoms with Crippen LogP contribution >= 0.6 is 7.82 Å². The third kappa shape index (κ3) is 16.0. The van der Waals surface area contributed by atoms with Crippen molar-refractivity contribution in [2.24, 2.45) is 0 Å². The van der Waals surface area contributed by atoms with Gasteiger partial charge in [-0.3, -0.25) is 0 Å². The number of hydrogen-bond acceptors (Lipinski definition) is 5. The van der Waals surface area contributed by atoms with E-state index in [-0.39, 0.29) is 57.5 Å². The summed E-state index contributed by atoms with van der Waals surface area (Å²) in [7, 11) is -4.92. The second-order valence-corrected chi connectivity index (χ2v) is 1.94. The zero-order valence-corrected chi connectivity index (χ0v) is 5.02. The predicted octanol–water partition coefficient (Wildman–Crippen LogP) is -1.20. The molecular weight excluding hydrogens is 194 g/mol. The molecule has 0 radical (unpaired) electrons. The zero-order chi connectivity index (χ0) is 6.78. The standard InChI is InChI=1S/K.H2NO6P.H3N.H/c;2-1(3)7-8(4,5)6;;/h;(H2,4,5,6);1H3;. The average molecular weight is 200 g/mol. The van der Waals surface area contributed by atoms with E-state index in [9.17, 15) is 4.57 Å². The minimum atomic E-state index is -4.92. The molecule has 0 bridgehead atoms. The molecule has 5 N–H and O–H groups in total. The normalized spacial score (nSPS) is 8.60. The molecule has 0 atom stereocenters. The van der Waals surface area contributed by atoms with Gasteiger partial charge in [0.15, 0.2) is 0 Å². The maximum atomic E-state index is 9.47. The molecule has 0 rings (SSSR count). The van der Waals surface area contributed by atoms with Gasteiger partial charge in [0.1, 0.15) is 0 Å². The summed E-state index contributed by atoms with van der Waals surface area (Å²) in [4.78, 5) is 24.4. The first-order valence-electron chi connectivity index (χ1n) is 1.31. The monoisotopic (exact) mass is 200 g/mol. The van der Waals surface area contributed by atoms with Crippen LogP contribution in [0.3, 0.4) is 0 Å². The van der Waals surface area contributed by atoms with Crippen LogP contribution in [-0.2, 0) is 9.19 Å². The molecule has 58 valence electrons. The average Bonchev–Trinajstić information content (AvgIpc) is 1.21. The van der Waals surface area contributed by atoms with Crippen LogP contribution in [0, 0.1) is 10.1 Å². The first-order valence-corrected chi connectivity index (χ1v) is 2.84. The first kappa shape index (κ1) is 17.1. The van der Waals surface area contributed by atoms with E-state index in [4.69, 9.17) is 19.9 Å². The molecule has 0 aliphatic heterocycles. The molecular formula is H6KN2O6P. The molecule has 0 aromatic carbocycles. The Bertz CT molecular complexity index is 139. The Labute approximate surface area is 98.3 Å². The van der Waals surface area contributed by atoms with Crippen LogP contribution < -0.4 is 6.15 Å². The summed E-state index contributed by atoms with van der Waals surface area (Å²) in [6, 6.07) is 0. The summed E-state index contributed by atoms with van der Waals surface area (Å²) in [6.07, 6.45) is 0. The van der Waals surface area contributed by atoms with Crippen molar-refractivity contribution in [3.05, 3.63) is 10.1 Å². The summed E-state index contributed by atoms with van der Waals surface area (Å²) < 4.78 is 12.3. The van der Waals surface area contributed by atoms with Crippen molar-refractivity contribution in [3.8, 4) is 0 Å². The van der Waals surface area contributed by atoms with Gasteiger partial charge >= 0.3 is 64.3 Å². The van der Waals surface area contributed by atoms with E-state index in [1.165, 1.54) is 0 Å². The number of hydrogen-bond donors (Lipinski definition) is 3. The molecule has 0 fully saturated rings. The number of nitrogens with zero attached hydrogens (tertiary/aromatic N) is 1.